The number of aryl methyl sites for hydroxylation is 1. The fraction of sp³-hybridized carbons (Fsp3) is 0.286. The maximum absolute atomic E-state index is 12.2. The van der Waals surface area contributed by atoms with E-state index in [0.717, 1.165) is 22.6 Å². The third-order valence-electron chi connectivity index (χ3n) is 4.28. The number of ether oxygens (including phenoxy) is 1. The second kappa shape index (κ2) is 9.61. The van der Waals surface area contributed by atoms with Crippen molar-refractivity contribution < 1.29 is 14.3 Å². The first-order valence-corrected chi connectivity index (χ1v) is 10.8. The average molecular weight is 415 g/mol. The molecule has 0 aliphatic carbocycles. The van der Waals surface area contributed by atoms with Gasteiger partial charge in [-0.1, -0.05) is 31.2 Å². The number of hydrogen-bond acceptors (Lipinski definition) is 6. The quantitative estimate of drug-likeness (QED) is 0.519. The minimum absolute atomic E-state index is 0.0656. The highest BCUT2D eigenvalue weighted by Gasteiger charge is 2.14. The van der Waals surface area contributed by atoms with Crippen molar-refractivity contribution in [2.45, 2.75) is 26.3 Å². The van der Waals surface area contributed by atoms with E-state index in [1.54, 1.807) is 23.3 Å². The second-order valence-electron chi connectivity index (χ2n) is 6.41. The van der Waals surface area contributed by atoms with Crippen LogP contribution in [0.15, 0.2) is 46.5 Å². The van der Waals surface area contributed by atoms with Crippen LogP contribution in [0, 0.1) is 0 Å². The van der Waals surface area contributed by atoms with Gasteiger partial charge < -0.3 is 9.64 Å². The van der Waals surface area contributed by atoms with Gasteiger partial charge in [0.2, 0.25) is 0 Å². The number of thiophene rings is 1. The molecule has 0 atom stereocenters. The first kappa shape index (κ1) is 20.2. The van der Waals surface area contributed by atoms with Crippen LogP contribution in [0.5, 0.6) is 0 Å². The molecule has 5 nitrogen and oxygen atoms in total. The summed E-state index contributed by atoms with van der Waals surface area (Å²) in [5, 5.41) is 6.74. The summed E-state index contributed by atoms with van der Waals surface area (Å²) in [4.78, 5) is 30.3. The van der Waals surface area contributed by atoms with Crippen LogP contribution in [0.3, 0.4) is 0 Å². The van der Waals surface area contributed by atoms with E-state index in [2.05, 4.69) is 24.0 Å². The second-order valence-corrected chi connectivity index (χ2v) is 8.05. The predicted molar refractivity (Wildman–Crippen MR) is 112 cm³/mol. The number of likely N-dealkylation sites (N-methyl/N-ethyl adjacent to an activating group) is 1. The van der Waals surface area contributed by atoms with Gasteiger partial charge in [-0.3, -0.25) is 9.59 Å². The van der Waals surface area contributed by atoms with Crippen LogP contribution in [0.4, 0.5) is 0 Å². The third-order valence-corrected chi connectivity index (χ3v) is 5.90. The van der Waals surface area contributed by atoms with Crippen molar-refractivity contribution in [3.05, 3.63) is 63.3 Å². The largest absolute Gasteiger partial charge is 0.455 e. The lowest BCUT2D eigenvalue weighted by molar-refractivity contribution is -0.151. The first-order valence-electron chi connectivity index (χ1n) is 8.99. The molecule has 1 amide bonds. The number of aromatic nitrogens is 1. The molecule has 0 saturated heterocycles. The molecule has 0 saturated carbocycles. The molecule has 0 fully saturated rings. The molecule has 3 rings (SSSR count). The van der Waals surface area contributed by atoms with Crippen molar-refractivity contribution in [2.24, 2.45) is 0 Å². The molecule has 28 heavy (non-hydrogen) atoms. The smallest absolute Gasteiger partial charge is 0.312 e. The molecule has 0 unspecified atom stereocenters. The van der Waals surface area contributed by atoms with Crippen LogP contribution >= 0.6 is 22.7 Å². The number of nitrogens with zero attached hydrogens (tertiary/aromatic N) is 2. The molecule has 0 aliphatic rings. The van der Waals surface area contributed by atoms with Crippen LogP contribution in [0.1, 0.15) is 23.7 Å². The van der Waals surface area contributed by atoms with Gasteiger partial charge in [0.1, 0.15) is 5.01 Å². The van der Waals surface area contributed by atoms with Gasteiger partial charge in [0, 0.05) is 29.9 Å². The molecule has 3 aromatic rings. The van der Waals surface area contributed by atoms with Crippen molar-refractivity contribution in [1.29, 1.82) is 0 Å². The highest BCUT2D eigenvalue weighted by Crippen LogP contribution is 2.25. The lowest BCUT2D eigenvalue weighted by atomic mass is 10.1. The highest BCUT2D eigenvalue weighted by molar-refractivity contribution is 7.14. The molecule has 0 spiro atoms. The van der Waals surface area contributed by atoms with Gasteiger partial charge in [-0.15, -0.1) is 11.3 Å². The minimum Gasteiger partial charge on any atom is -0.455 e. The lowest BCUT2D eigenvalue weighted by Crippen LogP contribution is -2.31. The zero-order valence-electron chi connectivity index (χ0n) is 15.9. The Morgan fingerprint density at radius 2 is 1.86 bits per heavy atom. The van der Waals surface area contributed by atoms with E-state index in [-0.39, 0.29) is 18.9 Å². The SMILES string of the molecule is CCc1ccc(CN(C)C(=O)COC(=O)Cc2csc(-c3ccsc3)n2)cc1. The van der Waals surface area contributed by atoms with Crippen LogP contribution < -0.4 is 0 Å². The Bertz CT molecular complexity index is 918. The van der Waals surface area contributed by atoms with Crippen LogP contribution in [-0.2, 0) is 33.7 Å². The minimum atomic E-state index is -0.448. The van der Waals surface area contributed by atoms with Crippen LogP contribution in [0.2, 0.25) is 0 Å². The zero-order valence-corrected chi connectivity index (χ0v) is 17.5. The van der Waals surface area contributed by atoms with Crippen LogP contribution in [0.25, 0.3) is 10.6 Å². The van der Waals surface area contributed by atoms with Gasteiger partial charge in [0.05, 0.1) is 12.1 Å². The Labute approximate surface area is 172 Å². The summed E-state index contributed by atoms with van der Waals surface area (Å²) in [5.41, 5.74) is 4.02. The molecule has 7 heteroatoms. The standard InChI is InChI=1S/C21H22N2O3S2/c1-3-15-4-6-16(7-5-15)11-23(2)19(24)12-26-20(25)10-18-14-28-21(22-18)17-8-9-27-13-17/h4-9,13-14H,3,10-12H2,1-2H3. The maximum Gasteiger partial charge on any atom is 0.312 e. The Hall–Kier alpha value is -2.51. The van der Waals surface area contributed by atoms with Gasteiger partial charge in [0.15, 0.2) is 6.61 Å². The monoisotopic (exact) mass is 414 g/mol. The molecule has 0 bridgehead atoms. The van der Waals surface area contributed by atoms with E-state index in [4.69, 9.17) is 4.74 Å². The summed E-state index contributed by atoms with van der Waals surface area (Å²) in [7, 11) is 1.71. The summed E-state index contributed by atoms with van der Waals surface area (Å²) in [6.45, 7) is 2.33. The van der Waals surface area contributed by atoms with E-state index in [1.165, 1.54) is 16.9 Å². The lowest BCUT2D eigenvalue weighted by Gasteiger charge is -2.17. The van der Waals surface area contributed by atoms with Gasteiger partial charge in [-0.2, -0.15) is 11.3 Å². The van der Waals surface area contributed by atoms with Crippen molar-refractivity contribution in [3.8, 4) is 10.6 Å². The maximum atomic E-state index is 12.2. The molecule has 0 radical (unpaired) electrons. The van der Waals surface area contributed by atoms with Gasteiger partial charge in [-0.25, -0.2) is 4.98 Å². The average Bonchev–Trinajstić information content (AvgIpc) is 3.38. The molecule has 2 heterocycles. The van der Waals surface area contributed by atoms with Crippen LogP contribution in [-0.4, -0.2) is 35.4 Å². The number of rotatable bonds is 8. The zero-order chi connectivity index (χ0) is 19.9. The van der Waals surface area contributed by atoms with E-state index in [1.807, 2.05) is 34.3 Å². The van der Waals surface area contributed by atoms with E-state index in [9.17, 15) is 9.59 Å². The molecule has 0 N–H and O–H groups in total. The predicted octanol–water partition coefficient (Wildman–Crippen LogP) is 4.18. The summed E-state index contributed by atoms with van der Waals surface area (Å²) in [6, 6.07) is 10.2. The third kappa shape index (κ3) is 5.50. The molecular weight excluding hydrogens is 392 g/mol. The number of carbonyl (C=O) groups excluding carboxylic acids is 2. The summed E-state index contributed by atoms with van der Waals surface area (Å²) < 4.78 is 5.14. The highest BCUT2D eigenvalue weighted by atomic mass is 32.1. The number of thiazole rings is 1. The fourth-order valence-electron chi connectivity index (χ4n) is 2.60. The Morgan fingerprint density at radius 3 is 2.54 bits per heavy atom. The fourth-order valence-corrected chi connectivity index (χ4v) is 4.13. The Kier molecular flexibility index (Phi) is 6.95. The molecule has 1 aromatic carbocycles. The number of hydrogen-bond donors (Lipinski definition) is 0. The summed E-state index contributed by atoms with van der Waals surface area (Å²) in [6.07, 6.45) is 1.05. The topological polar surface area (TPSA) is 59.5 Å². The van der Waals surface area contributed by atoms with Gasteiger partial charge in [0.25, 0.3) is 5.91 Å². The van der Waals surface area contributed by atoms with E-state index in [0.29, 0.717) is 12.2 Å². The van der Waals surface area contributed by atoms with Gasteiger partial charge in [-0.05, 0) is 29.0 Å². The summed E-state index contributed by atoms with van der Waals surface area (Å²) >= 11 is 3.10. The molecular formula is C21H22N2O3S2. The Morgan fingerprint density at radius 1 is 1.11 bits per heavy atom. The summed E-state index contributed by atoms with van der Waals surface area (Å²) in [5.74, 6) is -0.679. The number of esters is 1. The van der Waals surface area contributed by atoms with Crippen molar-refractivity contribution >= 4 is 34.6 Å². The first-order chi connectivity index (χ1) is 13.5. The Balaban J connectivity index is 1.45. The van der Waals surface area contributed by atoms with E-state index < -0.39 is 5.97 Å². The van der Waals surface area contributed by atoms with Crippen molar-refractivity contribution in [1.82, 2.24) is 9.88 Å². The molecule has 2 aromatic heterocycles. The number of carbonyl (C=O) groups is 2. The van der Waals surface area contributed by atoms with Crippen molar-refractivity contribution in [2.75, 3.05) is 13.7 Å². The normalized spacial score (nSPS) is 10.6. The number of benzene rings is 1. The van der Waals surface area contributed by atoms with Gasteiger partial charge >= 0.3 is 5.97 Å². The van der Waals surface area contributed by atoms with E-state index >= 15 is 0 Å². The molecule has 146 valence electrons. The van der Waals surface area contributed by atoms with Crippen molar-refractivity contribution in [3.63, 3.8) is 0 Å². The molecule has 0 aliphatic heterocycles. The number of amides is 1.